The molecule has 2 atom stereocenters. The van der Waals surface area contributed by atoms with E-state index >= 15 is 0 Å². The van der Waals surface area contributed by atoms with Gasteiger partial charge < -0.3 is 37.3 Å². The molecule has 0 spiro atoms. The largest absolute Gasteiger partial charge is 0.505 e. The van der Waals surface area contributed by atoms with Crippen molar-refractivity contribution < 1.29 is 22.8 Å². The number of anilines is 4. The van der Waals surface area contributed by atoms with Crippen LogP contribution in [0.5, 0.6) is 11.5 Å². The van der Waals surface area contributed by atoms with Crippen molar-refractivity contribution in [2.75, 3.05) is 36.1 Å². The Bertz CT molecular complexity index is 1680. The highest BCUT2D eigenvalue weighted by Crippen LogP contribution is 2.42. The molecule has 0 aliphatic carbocycles. The molecular weight excluding hydrogens is 564 g/mol. The molecule has 0 amide bonds. The maximum atomic E-state index is 12.3. The molecule has 1 heterocycles. The third-order valence-electron chi connectivity index (χ3n) is 5.73. The number of azo groups is 1. The number of phenols is 1. The fourth-order valence-electron chi connectivity index (χ4n) is 3.76. The highest BCUT2D eigenvalue weighted by atomic mass is 32.2. The number of nitrogens with zero attached hydrogens (tertiary/aromatic N) is 5. The Morgan fingerprint density at radius 1 is 0.929 bits per heavy atom. The zero-order valence-electron chi connectivity index (χ0n) is 23.1. The van der Waals surface area contributed by atoms with Gasteiger partial charge in [-0.25, -0.2) is 0 Å². The Morgan fingerprint density at radius 2 is 1.55 bits per heavy atom. The fraction of sp³-hybridized carbons (Fsp3) is 0.269. The van der Waals surface area contributed by atoms with Crippen molar-refractivity contribution in [2.45, 2.75) is 30.8 Å². The minimum Gasteiger partial charge on any atom is -0.505 e. The van der Waals surface area contributed by atoms with Crippen LogP contribution in [0.2, 0.25) is 0 Å². The van der Waals surface area contributed by atoms with Gasteiger partial charge in [0.05, 0.1) is 7.11 Å². The van der Waals surface area contributed by atoms with E-state index in [0.717, 1.165) is 0 Å². The summed E-state index contributed by atoms with van der Waals surface area (Å²) in [6, 6.07) is 12.3. The number of aromatic hydroxyl groups is 1. The van der Waals surface area contributed by atoms with E-state index in [0.29, 0.717) is 30.2 Å². The lowest BCUT2D eigenvalue weighted by Gasteiger charge is -2.14. The summed E-state index contributed by atoms with van der Waals surface area (Å²) in [7, 11) is -3.36. The van der Waals surface area contributed by atoms with Crippen molar-refractivity contribution in [3.63, 3.8) is 0 Å². The van der Waals surface area contributed by atoms with Gasteiger partial charge in [-0.1, -0.05) is 12.1 Å². The number of benzene rings is 3. The highest BCUT2D eigenvalue weighted by molar-refractivity contribution is 7.86. The van der Waals surface area contributed by atoms with Gasteiger partial charge in [0.25, 0.3) is 10.1 Å². The molecule has 0 radical (unpaired) electrons. The topological polar surface area (TPSA) is 235 Å². The Kier molecular flexibility index (Phi) is 9.31. The van der Waals surface area contributed by atoms with Gasteiger partial charge >= 0.3 is 0 Å². The second kappa shape index (κ2) is 12.9. The van der Waals surface area contributed by atoms with Gasteiger partial charge in [-0.3, -0.25) is 4.55 Å². The highest BCUT2D eigenvalue weighted by Gasteiger charge is 2.22. The van der Waals surface area contributed by atoms with Crippen LogP contribution in [0, 0.1) is 0 Å². The first-order valence-electron chi connectivity index (χ1n) is 12.8. The maximum Gasteiger partial charge on any atom is 0.296 e. The van der Waals surface area contributed by atoms with Crippen LogP contribution in [0.4, 0.5) is 34.9 Å². The normalized spacial score (nSPS) is 13.2. The van der Waals surface area contributed by atoms with Crippen molar-refractivity contribution in [3.8, 4) is 11.5 Å². The van der Waals surface area contributed by atoms with Crippen LogP contribution in [-0.2, 0) is 10.1 Å². The van der Waals surface area contributed by atoms with E-state index in [1.165, 1.54) is 13.2 Å². The van der Waals surface area contributed by atoms with E-state index in [1.807, 2.05) is 13.8 Å². The van der Waals surface area contributed by atoms with E-state index < -0.39 is 26.5 Å². The van der Waals surface area contributed by atoms with Crippen LogP contribution >= 0.6 is 0 Å². The number of ether oxygens (including phenoxy) is 1. The van der Waals surface area contributed by atoms with Gasteiger partial charge in [-0.2, -0.15) is 23.4 Å². The predicted molar refractivity (Wildman–Crippen MR) is 160 cm³/mol. The lowest BCUT2D eigenvalue weighted by molar-refractivity contribution is 0.416. The smallest absolute Gasteiger partial charge is 0.296 e. The summed E-state index contributed by atoms with van der Waals surface area (Å²) in [5.41, 5.74) is 12.0. The molecule has 1 aromatic heterocycles. The summed E-state index contributed by atoms with van der Waals surface area (Å²) in [5.74, 6) is 0.611. The van der Waals surface area contributed by atoms with E-state index in [1.54, 1.807) is 42.5 Å². The van der Waals surface area contributed by atoms with Crippen LogP contribution in [0.15, 0.2) is 63.7 Å². The molecule has 15 nitrogen and oxygen atoms in total. The molecule has 0 aliphatic rings. The second-order valence-electron chi connectivity index (χ2n) is 9.50. The predicted octanol–water partition coefficient (Wildman–Crippen LogP) is 3.66. The van der Waals surface area contributed by atoms with E-state index in [4.69, 9.17) is 16.2 Å². The van der Waals surface area contributed by atoms with Crippen molar-refractivity contribution in [3.05, 3.63) is 48.5 Å². The summed E-state index contributed by atoms with van der Waals surface area (Å²) < 4.78 is 39.8. The van der Waals surface area contributed by atoms with Gasteiger partial charge in [0.2, 0.25) is 17.8 Å². The number of rotatable bonds is 12. The molecule has 9 N–H and O–H groups in total. The minimum atomic E-state index is -4.81. The first kappa shape index (κ1) is 30.3. The molecule has 0 aliphatic heterocycles. The lowest BCUT2D eigenvalue weighted by atomic mass is 10.1. The van der Waals surface area contributed by atoms with Crippen molar-refractivity contribution in [1.82, 2.24) is 15.0 Å². The van der Waals surface area contributed by atoms with Crippen molar-refractivity contribution >= 4 is 55.8 Å². The molecule has 2 unspecified atom stereocenters. The molecule has 0 bridgehead atoms. The molecule has 16 heteroatoms. The third-order valence-corrected chi connectivity index (χ3v) is 6.59. The summed E-state index contributed by atoms with van der Waals surface area (Å²) in [6.45, 7) is 4.50. The van der Waals surface area contributed by atoms with Gasteiger partial charge in [-0.15, -0.1) is 10.2 Å². The second-order valence-corrected chi connectivity index (χ2v) is 10.9. The molecular formula is C26H32N10O5S. The number of para-hydroxylation sites is 1. The van der Waals surface area contributed by atoms with Crippen molar-refractivity contribution in [1.29, 1.82) is 0 Å². The SMILES string of the molecule is COc1ccccc1N=Nc1c(S(=O)(=O)O)cc2cc(Nc3nc(NCC(C)N)nc(NCC(C)N)n3)ccc2c1O. The first-order chi connectivity index (χ1) is 19.9. The quantitative estimate of drug-likeness (QED) is 0.0914. The monoisotopic (exact) mass is 596 g/mol. The summed E-state index contributed by atoms with van der Waals surface area (Å²) in [4.78, 5) is 12.4. The zero-order chi connectivity index (χ0) is 30.4. The van der Waals surface area contributed by atoms with Crippen LogP contribution in [-0.4, -0.2) is 65.3 Å². The summed E-state index contributed by atoms with van der Waals surface area (Å²) >= 11 is 0. The molecule has 0 saturated heterocycles. The Morgan fingerprint density at radius 3 is 2.14 bits per heavy atom. The van der Waals surface area contributed by atoms with Gasteiger partial charge in [0.1, 0.15) is 22.0 Å². The number of phenolic OH excluding ortho intramolecular Hbond substituents is 1. The van der Waals surface area contributed by atoms with Crippen LogP contribution in [0.1, 0.15) is 13.8 Å². The fourth-order valence-corrected chi connectivity index (χ4v) is 4.42. The third kappa shape index (κ3) is 7.55. The number of hydrogen-bond donors (Lipinski definition) is 7. The first-order valence-corrected chi connectivity index (χ1v) is 14.2. The van der Waals surface area contributed by atoms with Crippen LogP contribution in [0.25, 0.3) is 10.8 Å². The average Bonchev–Trinajstić information content (AvgIpc) is 2.94. The van der Waals surface area contributed by atoms with E-state index in [9.17, 15) is 18.1 Å². The number of aromatic nitrogens is 3. The van der Waals surface area contributed by atoms with E-state index in [2.05, 4.69) is 41.1 Å². The van der Waals surface area contributed by atoms with Crippen LogP contribution < -0.4 is 32.2 Å². The average molecular weight is 597 g/mol. The number of nitrogens with two attached hydrogens (primary N) is 2. The number of nitrogens with one attached hydrogen (secondary N) is 3. The Labute approximate surface area is 242 Å². The number of hydrogen-bond acceptors (Lipinski definition) is 14. The zero-order valence-corrected chi connectivity index (χ0v) is 23.9. The Balaban J connectivity index is 1.73. The van der Waals surface area contributed by atoms with Gasteiger partial charge in [0.15, 0.2) is 5.75 Å². The standard InChI is InChI=1S/C26H32N10O5S/c1-14(27)12-29-24-32-25(30-13-15(2)28)34-26(33-24)31-17-8-9-18-16(10-17)11-21(42(38,39)40)22(23(18)37)36-35-19-6-4-5-7-20(19)41-3/h4-11,14-15,37H,12-13,27-28H2,1-3H3,(H,38,39,40)(H3,29,30,31,32,33,34). The van der Waals surface area contributed by atoms with Gasteiger partial charge in [0, 0.05) is 36.2 Å². The van der Waals surface area contributed by atoms with E-state index in [-0.39, 0.29) is 40.7 Å². The summed E-state index contributed by atoms with van der Waals surface area (Å²) in [5, 5.41) is 28.7. The molecule has 0 fully saturated rings. The number of fused-ring (bicyclic) bond motifs is 1. The minimum absolute atomic E-state index is 0.150. The number of methoxy groups -OCH3 is 1. The lowest BCUT2D eigenvalue weighted by Crippen LogP contribution is -2.27. The van der Waals surface area contributed by atoms with Gasteiger partial charge in [-0.05, 0) is 55.6 Å². The molecule has 222 valence electrons. The maximum absolute atomic E-state index is 12.3. The molecule has 3 aromatic carbocycles. The molecule has 42 heavy (non-hydrogen) atoms. The molecule has 4 aromatic rings. The van der Waals surface area contributed by atoms with Crippen molar-refractivity contribution in [2.24, 2.45) is 21.7 Å². The van der Waals surface area contributed by atoms with Crippen LogP contribution in [0.3, 0.4) is 0 Å². The molecule has 0 saturated carbocycles. The summed E-state index contributed by atoms with van der Waals surface area (Å²) in [6.07, 6.45) is 0. The Hall–Kier alpha value is -4.64. The molecule has 4 rings (SSSR count).